The molecule has 1 aromatic heterocycles. The van der Waals surface area contributed by atoms with E-state index in [1.165, 1.54) is 6.08 Å². The van der Waals surface area contributed by atoms with E-state index >= 15 is 0 Å². The van der Waals surface area contributed by atoms with Crippen molar-refractivity contribution in [1.82, 2.24) is 4.90 Å². The van der Waals surface area contributed by atoms with Crippen LogP contribution >= 0.6 is 0 Å². The average Bonchev–Trinajstić information content (AvgIpc) is 2.59. The van der Waals surface area contributed by atoms with Crippen molar-refractivity contribution in [1.29, 1.82) is 0 Å². The molecular formula is C20H25NO4. The summed E-state index contributed by atoms with van der Waals surface area (Å²) in [6.07, 6.45) is 6.30. The van der Waals surface area contributed by atoms with Crippen LogP contribution in [0.5, 0.6) is 0 Å². The van der Waals surface area contributed by atoms with Gasteiger partial charge >= 0.3 is 5.63 Å². The van der Waals surface area contributed by atoms with Gasteiger partial charge in [0, 0.05) is 31.1 Å². The summed E-state index contributed by atoms with van der Waals surface area (Å²) < 4.78 is 10.7. The van der Waals surface area contributed by atoms with Gasteiger partial charge in [0.2, 0.25) is 0 Å². The number of aliphatic hydroxyl groups is 1. The van der Waals surface area contributed by atoms with E-state index in [1.807, 2.05) is 0 Å². The first kappa shape index (κ1) is 17.7. The smallest absolute Gasteiger partial charge is 0.344 e. The molecule has 1 aliphatic carbocycles. The number of nitrogens with zero attached hydrogens (tertiary/aromatic N) is 1. The second-order valence-corrected chi connectivity index (χ2v) is 6.62. The minimum Gasteiger partial charge on any atom is -0.512 e. The third-order valence-corrected chi connectivity index (χ3v) is 4.76. The highest BCUT2D eigenvalue weighted by atomic mass is 16.5. The molecule has 2 heterocycles. The summed E-state index contributed by atoms with van der Waals surface area (Å²) in [4.78, 5) is 14.6. The van der Waals surface area contributed by atoms with Crippen LogP contribution in [0.4, 0.5) is 0 Å². The number of fused-ring (bicyclic) bond motifs is 1. The summed E-state index contributed by atoms with van der Waals surface area (Å²) in [5.74, 6) is 0.660. The Hall–Kier alpha value is -2.11. The van der Waals surface area contributed by atoms with Crippen molar-refractivity contribution in [3.8, 4) is 0 Å². The Morgan fingerprint density at radius 1 is 1.32 bits per heavy atom. The van der Waals surface area contributed by atoms with E-state index in [4.69, 9.17) is 9.15 Å². The highest BCUT2D eigenvalue weighted by Gasteiger charge is 2.15. The lowest BCUT2D eigenvalue weighted by Gasteiger charge is -2.26. The molecule has 0 atom stereocenters. The zero-order chi connectivity index (χ0) is 17.8. The van der Waals surface area contributed by atoms with E-state index in [-0.39, 0.29) is 5.76 Å². The molecular weight excluding hydrogens is 318 g/mol. The second-order valence-electron chi connectivity index (χ2n) is 6.62. The molecule has 5 nitrogen and oxygen atoms in total. The predicted octanol–water partition coefficient (Wildman–Crippen LogP) is 1.34. The van der Waals surface area contributed by atoms with E-state index in [0.717, 1.165) is 56.8 Å². The average molecular weight is 343 g/mol. The monoisotopic (exact) mass is 343 g/mol. The molecule has 1 fully saturated rings. The van der Waals surface area contributed by atoms with Gasteiger partial charge in [-0.3, -0.25) is 4.90 Å². The molecule has 1 aromatic rings. The molecule has 134 valence electrons. The highest BCUT2D eigenvalue weighted by molar-refractivity contribution is 5.54. The van der Waals surface area contributed by atoms with Crippen molar-refractivity contribution >= 4 is 18.7 Å². The van der Waals surface area contributed by atoms with E-state index < -0.39 is 5.63 Å². The maximum Gasteiger partial charge on any atom is 0.344 e. The Balaban J connectivity index is 1.71. The van der Waals surface area contributed by atoms with E-state index in [0.29, 0.717) is 29.0 Å². The molecule has 0 unspecified atom stereocenters. The third kappa shape index (κ3) is 4.30. The molecule has 1 aliphatic heterocycles. The normalized spacial score (nSPS) is 18.7. The number of allylic oxidation sites excluding steroid dienone is 2. The molecule has 0 radical (unpaired) electrons. The van der Waals surface area contributed by atoms with E-state index in [9.17, 15) is 9.90 Å². The highest BCUT2D eigenvalue weighted by Crippen LogP contribution is 2.17. The Morgan fingerprint density at radius 3 is 2.84 bits per heavy atom. The van der Waals surface area contributed by atoms with Gasteiger partial charge in [-0.25, -0.2) is 4.79 Å². The van der Waals surface area contributed by atoms with E-state index in [2.05, 4.69) is 18.1 Å². The predicted molar refractivity (Wildman–Crippen MR) is 98.8 cm³/mol. The minimum atomic E-state index is -0.427. The van der Waals surface area contributed by atoms with Gasteiger partial charge in [0.05, 0.1) is 24.2 Å². The molecule has 0 bridgehead atoms. The lowest BCUT2D eigenvalue weighted by molar-refractivity contribution is 0.0375. The number of morpholine rings is 1. The molecule has 0 spiro atoms. The first-order valence-corrected chi connectivity index (χ1v) is 8.78. The maximum atomic E-state index is 12.3. The largest absolute Gasteiger partial charge is 0.512 e. The second kappa shape index (κ2) is 7.85. The molecule has 1 N–H and O–H groups in total. The SMILES string of the molecule is C=C(/C=c1/c(=O)oc2c(c1=C)CCC(O)=C2)CCCN1CCOCC1. The molecule has 1 saturated heterocycles. The van der Waals surface area contributed by atoms with Crippen LogP contribution in [0.25, 0.3) is 18.7 Å². The molecule has 0 aromatic carbocycles. The van der Waals surface area contributed by atoms with Gasteiger partial charge in [-0.2, -0.15) is 0 Å². The van der Waals surface area contributed by atoms with Gasteiger partial charge in [0.1, 0.15) is 5.76 Å². The Morgan fingerprint density at radius 2 is 2.08 bits per heavy atom. The fraction of sp³-hybridized carbons (Fsp3) is 0.450. The van der Waals surface area contributed by atoms with Crippen LogP contribution in [0.2, 0.25) is 0 Å². The van der Waals surface area contributed by atoms with Crippen LogP contribution in [0.3, 0.4) is 0 Å². The summed E-state index contributed by atoms with van der Waals surface area (Å²) in [5.41, 5.74) is 1.37. The Labute approximate surface area is 147 Å². The van der Waals surface area contributed by atoms with Crippen LogP contribution in [0.1, 0.15) is 30.6 Å². The van der Waals surface area contributed by atoms with Crippen molar-refractivity contribution < 1.29 is 14.3 Å². The maximum absolute atomic E-state index is 12.3. The summed E-state index contributed by atoms with van der Waals surface area (Å²) in [6, 6.07) is 0. The van der Waals surface area contributed by atoms with E-state index in [1.54, 1.807) is 6.08 Å². The van der Waals surface area contributed by atoms with Crippen molar-refractivity contribution in [2.45, 2.75) is 25.7 Å². The van der Waals surface area contributed by atoms with Crippen LogP contribution in [0, 0.1) is 0 Å². The number of ether oxygens (including phenoxy) is 1. The van der Waals surface area contributed by atoms with Gasteiger partial charge in [-0.05, 0) is 37.1 Å². The van der Waals surface area contributed by atoms with Crippen molar-refractivity contribution in [2.24, 2.45) is 0 Å². The number of hydrogen-bond acceptors (Lipinski definition) is 5. The van der Waals surface area contributed by atoms with Crippen molar-refractivity contribution in [3.63, 3.8) is 0 Å². The van der Waals surface area contributed by atoms with Crippen LogP contribution in [-0.4, -0.2) is 42.9 Å². The molecule has 25 heavy (non-hydrogen) atoms. The molecule has 0 amide bonds. The standard InChI is InChI=1S/C20H25NO4/c1-14(4-3-7-21-8-10-24-11-9-21)12-18-15(2)17-6-5-16(22)13-19(17)25-20(18)23/h12-13,22H,1-11H2/b18-12+. The number of hydrogen-bond donors (Lipinski definition) is 1. The zero-order valence-electron chi connectivity index (χ0n) is 14.6. The van der Waals surface area contributed by atoms with Crippen LogP contribution < -0.4 is 16.1 Å². The van der Waals surface area contributed by atoms with Gasteiger partial charge < -0.3 is 14.3 Å². The summed E-state index contributed by atoms with van der Waals surface area (Å²) in [7, 11) is 0. The molecule has 0 saturated carbocycles. The number of aliphatic hydroxyl groups excluding tert-OH is 1. The zero-order valence-corrected chi connectivity index (χ0v) is 14.6. The number of rotatable bonds is 5. The lowest BCUT2D eigenvalue weighted by atomic mass is 9.99. The quantitative estimate of drug-likeness (QED) is 0.874. The summed E-state index contributed by atoms with van der Waals surface area (Å²) in [6.45, 7) is 12.7. The Bertz CT molecular complexity index is 844. The minimum absolute atomic E-state index is 0.235. The van der Waals surface area contributed by atoms with Gasteiger partial charge in [-0.1, -0.05) is 18.7 Å². The third-order valence-electron chi connectivity index (χ3n) is 4.76. The fourth-order valence-electron chi connectivity index (χ4n) is 3.29. The van der Waals surface area contributed by atoms with Gasteiger partial charge in [0.25, 0.3) is 0 Å². The molecule has 3 rings (SSSR count). The molecule has 5 heteroatoms. The first-order chi connectivity index (χ1) is 12.0. The fourth-order valence-corrected chi connectivity index (χ4v) is 3.29. The summed E-state index contributed by atoms with van der Waals surface area (Å²) in [5, 5.41) is 10.8. The van der Waals surface area contributed by atoms with Gasteiger partial charge in [-0.15, -0.1) is 0 Å². The van der Waals surface area contributed by atoms with Crippen molar-refractivity contribution in [2.75, 3.05) is 32.8 Å². The van der Waals surface area contributed by atoms with Crippen LogP contribution in [-0.2, 0) is 11.2 Å². The molecule has 2 aliphatic rings. The topological polar surface area (TPSA) is 62.9 Å². The first-order valence-electron chi connectivity index (χ1n) is 8.78. The lowest BCUT2D eigenvalue weighted by Crippen LogP contribution is -2.41. The van der Waals surface area contributed by atoms with Crippen LogP contribution in [0.15, 0.2) is 27.1 Å². The summed E-state index contributed by atoms with van der Waals surface area (Å²) >= 11 is 0. The van der Waals surface area contributed by atoms with Gasteiger partial charge in [0.15, 0.2) is 0 Å². The van der Waals surface area contributed by atoms with Crippen molar-refractivity contribution in [3.05, 3.63) is 50.1 Å². The Kier molecular flexibility index (Phi) is 5.56.